The van der Waals surface area contributed by atoms with Crippen LogP contribution in [0.5, 0.6) is 0 Å². The fourth-order valence-electron chi connectivity index (χ4n) is 5.02. The average molecular weight is 439 g/mol. The number of fused-ring (bicyclic) bond motifs is 2. The van der Waals surface area contributed by atoms with Crippen molar-refractivity contribution in [3.63, 3.8) is 0 Å². The third-order valence-corrected chi connectivity index (χ3v) is 7.85. The summed E-state index contributed by atoms with van der Waals surface area (Å²) in [6.45, 7) is 12.2. The quantitative estimate of drug-likeness (QED) is 0.738. The number of likely N-dealkylation sites (N-methyl/N-ethyl adjacent to an activating group) is 1. The first-order valence-corrected chi connectivity index (χ1v) is 10.8. The van der Waals surface area contributed by atoms with Gasteiger partial charge in [0.15, 0.2) is 0 Å². The molecule has 7 heteroatoms. The number of hydrogen-bond donors (Lipinski definition) is 1. The molecule has 1 heterocycles. The molecular weight excluding hydrogens is 408 g/mol. The van der Waals surface area contributed by atoms with Crippen molar-refractivity contribution in [2.24, 2.45) is 23.2 Å². The molecule has 0 spiro atoms. The normalized spacial score (nSPS) is 28.4. The van der Waals surface area contributed by atoms with Crippen molar-refractivity contribution in [1.29, 1.82) is 0 Å². The number of carbonyl (C=O) groups excluding carboxylic acids is 1. The molecule has 2 bridgehead atoms. The second-order valence-electron chi connectivity index (χ2n) is 8.61. The number of carbonyl (C=O) groups is 1. The zero-order valence-electron chi connectivity index (χ0n) is 17.0. The van der Waals surface area contributed by atoms with Gasteiger partial charge in [0.05, 0.1) is 11.9 Å². The summed E-state index contributed by atoms with van der Waals surface area (Å²) in [6.07, 6.45) is 4.11. The lowest BCUT2D eigenvalue weighted by Crippen LogP contribution is -2.58. The number of rotatable bonds is 6. The van der Waals surface area contributed by atoms with E-state index in [9.17, 15) is 9.59 Å². The van der Waals surface area contributed by atoms with Gasteiger partial charge >= 0.3 is 0 Å². The van der Waals surface area contributed by atoms with Crippen LogP contribution in [0.4, 0.5) is 5.69 Å². The smallest absolute Gasteiger partial charge is 0.283 e. The van der Waals surface area contributed by atoms with Crippen LogP contribution in [-0.4, -0.2) is 39.7 Å². The summed E-state index contributed by atoms with van der Waals surface area (Å²) in [6, 6.07) is 0.354. The number of halogens is 1. The first kappa shape index (κ1) is 20.4. The van der Waals surface area contributed by atoms with Gasteiger partial charge in [0.25, 0.3) is 5.56 Å². The van der Waals surface area contributed by atoms with Gasteiger partial charge in [-0.05, 0) is 65.8 Å². The summed E-state index contributed by atoms with van der Waals surface area (Å²) >= 11 is 3.43. The highest BCUT2D eigenvalue weighted by Gasteiger charge is 2.56. The molecule has 1 aromatic rings. The van der Waals surface area contributed by atoms with Gasteiger partial charge in [-0.25, -0.2) is 4.68 Å². The topological polar surface area (TPSA) is 67.2 Å². The van der Waals surface area contributed by atoms with Gasteiger partial charge in [-0.2, -0.15) is 5.10 Å². The van der Waals surface area contributed by atoms with Gasteiger partial charge < -0.3 is 10.2 Å². The van der Waals surface area contributed by atoms with E-state index in [2.05, 4.69) is 47.1 Å². The Hall–Kier alpha value is -1.37. The molecule has 3 aliphatic carbocycles. The van der Waals surface area contributed by atoms with Gasteiger partial charge in [-0.15, -0.1) is 0 Å². The Bertz CT molecular complexity index is 772. The molecule has 1 N–H and O–H groups in total. The summed E-state index contributed by atoms with van der Waals surface area (Å²) in [5.41, 5.74) is 0.887. The first-order chi connectivity index (χ1) is 12.7. The largest absolute Gasteiger partial charge is 0.380 e. The highest BCUT2D eigenvalue weighted by atomic mass is 79.9. The molecule has 4 atom stereocenters. The van der Waals surface area contributed by atoms with Gasteiger partial charge in [-0.1, -0.05) is 20.8 Å². The average Bonchev–Trinajstić information content (AvgIpc) is 2.63. The van der Waals surface area contributed by atoms with E-state index in [0.717, 1.165) is 23.9 Å². The molecule has 3 saturated carbocycles. The lowest BCUT2D eigenvalue weighted by molar-refractivity contribution is -0.131. The number of nitrogens with zero attached hydrogens (tertiary/aromatic N) is 3. The van der Waals surface area contributed by atoms with E-state index in [1.165, 1.54) is 11.1 Å². The molecular formula is C20H31BrN4O2. The van der Waals surface area contributed by atoms with E-state index in [0.29, 0.717) is 34.9 Å². The third kappa shape index (κ3) is 3.55. The summed E-state index contributed by atoms with van der Waals surface area (Å²) in [5.74, 6) is 1.94. The Balaban J connectivity index is 1.73. The second-order valence-corrected chi connectivity index (χ2v) is 9.40. The van der Waals surface area contributed by atoms with Crippen LogP contribution >= 0.6 is 15.9 Å². The maximum atomic E-state index is 12.7. The molecule has 0 aromatic carbocycles. The van der Waals surface area contributed by atoms with Crippen LogP contribution in [-0.2, 0) is 11.3 Å². The molecule has 0 aliphatic heterocycles. The Kier molecular flexibility index (Phi) is 5.71. The van der Waals surface area contributed by atoms with E-state index in [4.69, 9.17) is 0 Å². The number of aromatic nitrogens is 2. The molecule has 0 radical (unpaired) electrons. The van der Waals surface area contributed by atoms with E-state index < -0.39 is 0 Å². The summed E-state index contributed by atoms with van der Waals surface area (Å²) in [5, 5.41) is 7.79. The Morgan fingerprint density at radius 3 is 2.59 bits per heavy atom. The minimum atomic E-state index is -0.269. The Morgan fingerprint density at radius 1 is 1.37 bits per heavy atom. The molecule has 1 aromatic heterocycles. The summed E-state index contributed by atoms with van der Waals surface area (Å²) in [4.78, 5) is 26.6. The van der Waals surface area contributed by atoms with Gasteiger partial charge in [0.2, 0.25) is 5.91 Å². The molecule has 0 saturated heterocycles. The minimum Gasteiger partial charge on any atom is -0.380 e. The zero-order valence-corrected chi connectivity index (χ0v) is 18.5. The SMILES string of the molecule is CCN(CC)C(=O)Cn1ncc(N[C@@H]2C[C@@H]3C[C@H]([C@H]2C)C3(C)C)c(Br)c1=O. The Morgan fingerprint density at radius 2 is 2.04 bits per heavy atom. The van der Waals surface area contributed by atoms with Crippen LogP contribution in [0, 0.1) is 23.2 Å². The van der Waals surface area contributed by atoms with Crippen LogP contribution in [0.1, 0.15) is 47.5 Å². The van der Waals surface area contributed by atoms with E-state index >= 15 is 0 Å². The summed E-state index contributed by atoms with van der Waals surface area (Å²) in [7, 11) is 0. The van der Waals surface area contributed by atoms with Gasteiger partial charge in [-0.3, -0.25) is 9.59 Å². The predicted octanol–water partition coefficient (Wildman–Crippen LogP) is 3.36. The molecule has 3 aliphatic rings. The summed E-state index contributed by atoms with van der Waals surface area (Å²) < 4.78 is 1.69. The van der Waals surface area contributed by atoms with Gasteiger partial charge in [0, 0.05) is 19.1 Å². The van der Waals surface area contributed by atoms with Crippen LogP contribution in [0.2, 0.25) is 0 Å². The zero-order chi connectivity index (χ0) is 19.9. The van der Waals surface area contributed by atoms with Crippen LogP contribution in [0.15, 0.2) is 15.5 Å². The molecule has 150 valence electrons. The van der Waals surface area contributed by atoms with Crippen LogP contribution in [0.25, 0.3) is 0 Å². The van der Waals surface area contributed by atoms with Crippen LogP contribution < -0.4 is 10.9 Å². The van der Waals surface area contributed by atoms with Crippen LogP contribution in [0.3, 0.4) is 0 Å². The minimum absolute atomic E-state index is 0.0302. The highest BCUT2D eigenvalue weighted by molar-refractivity contribution is 9.10. The Labute approximate surface area is 169 Å². The second kappa shape index (κ2) is 7.57. The van der Waals surface area contributed by atoms with Crippen molar-refractivity contribution < 1.29 is 4.79 Å². The van der Waals surface area contributed by atoms with Crippen molar-refractivity contribution >= 4 is 27.5 Å². The lowest BCUT2D eigenvalue weighted by atomic mass is 9.45. The van der Waals surface area contributed by atoms with Crippen molar-refractivity contribution in [3.05, 3.63) is 21.0 Å². The van der Waals surface area contributed by atoms with E-state index in [1.807, 2.05) is 13.8 Å². The molecule has 4 rings (SSSR count). The van der Waals surface area contributed by atoms with Gasteiger partial charge in [0.1, 0.15) is 11.0 Å². The van der Waals surface area contributed by atoms with Crippen molar-refractivity contribution in [2.45, 2.75) is 60.0 Å². The fraction of sp³-hybridized carbons (Fsp3) is 0.750. The number of anilines is 1. The maximum Gasteiger partial charge on any atom is 0.283 e. The number of hydrogen-bond acceptors (Lipinski definition) is 4. The predicted molar refractivity (Wildman–Crippen MR) is 111 cm³/mol. The standard InChI is InChI=1S/C20H31BrN4O2/c1-6-24(7-2)17(26)11-25-19(27)18(21)16(10-22-25)23-15-9-13-8-14(12(15)3)20(13,4)5/h10,12-15,23H,6-9,11H2,1-5H3/t12-,13+,14-,15-/m1/s1. The number of nitrogens with one attached hydrogen (secondary N) is 1. The molecule has 0 unspecified atom stereocenters. The first-order valence-electron chi connectivity index (χ1n) is 10.0. The van der Waals surface area contributed by atoms with E-state index in [-0.39, 0.29) is 18.0 Å². The molecule has 1 amide bonds. The third-order valence-electron chi connectivity index (χ3n) is 7.08. The maximum absolute atomic E-state index is 12.7. The van der Waals surface area contributed by atoms with Crippen molar-refractivity contribution in [2.75, 3.05) is 18.4 Å². The highest BCUT2D eigenvalue weighted by Crippen LogP contribution is 2.61. The van der Waals surface area contributed by atoms with Crippen molar-refractivity contribution in [1.82, 2.24) is 14.7 Å². The lowest BCUT2D eigenvalue weighted by Gasteiger charge is -2.62. The number of amides is 1. The molecule has 6 nitrogen and oxygen atoms in total. The fourth-order valence-corrected chi connectivity index (χ4v) is 5.44. The molecule has 3 fully saturated rings. The molecule has 27 heavy (non-hydrogen) atoms. The van der Waals surface area contributed by atoms with Crippen molar-refractivity contribution in [3.8, 4) is 0 Å². The monoisotopic (exact) mass is 438 g/mol. The van der Waals surface area contributed by atoms with E-state index in [1.54, 1.807) is 11.1 Å².